The molecule has 1 aliphatic heterocycles. The molecule has 1 aromatic heterocycles. The molecular formula is C16H20ClN5O. The number of likely N-dealkylation sites (tertiary alicyclic amines) is 1. The number of aryl methyl sites for hydroxylation is 2. The SMILES string of the molecule is CCNc1ccc(Cl)cc1C(=O)N1CC(n2nc(C)nc2C)C1. The third-order valence-corrected chi connectivity index (χ3v) is 4.22. The lowest BCUT2D eigenvalue weighted by Crippen LogP contribution is -2.51. The first-order valence-corrected chi connectivity index (χ1v) is 8.09. The van der Waals surface area contributed by atoms with Crippen LogP contribution in [0.15, 0.2) is 18.2 Å². The summed E-state index contributed by atoms with van der Waals surface area (Å²) in [6.07, 6.45) is 0. The van der Waals surface area contributed by atoms with E-state index in [1.165, 1.54) is 0 Å². The van der Waals surface area contributed by atoms with Crippen LogP contribution < -0.4 is 5.32 Å². The first-order valence-electron chi connectivity index (χ1n) is 7.72. The van der Waals surface area contributed by atoms with Crippen molar-refractivity contribution in [3.8, 4) is 0 Å². The van der Waals surface area contributed by atoms with Crippen LogP contribution in [-0.2, 0) is 0 Å². The second kappa shape index (κ2) is 6.20. The van der Waals surface area contributed by atoms with Gasteiger partial charge in [-0.1, -0.05) is 11.6 Å². The molecule has 1 N–H and O–H groups in total. The molecule has 3 rings (SSSR count). The maximum absolute atomic E-state index is 12.7. The number of anilines is 1. The van der Waals surface area contributed by atoms with Crippen molar-refractivity contribution in [2.45, 2.75) is 26.8 Å². The first-order chi connectivity index (χ1) is 11.0. The minimum Gasteiger partial charge on any atom is -0.385 e. The van der Waals surface area contributed by atoms with Gasteiger partial charge < -0.3 is 10.2 Å². The highest BCUT2D eigenvalue weighted by molar-refractivity contribution is 6.31. The quantitative estimate of drug-likeness (QED) is 0.934. The summed E-state index contributed by atoms with van der Waals surface area (Å²) in [6.45, 7) is 7.84. The molecule has 1 fully saturated rings. The van der Waals surface area contributed by atoms with Gasteiger partial charge >= 0.3 is 0 Å². The average molecular weight is 334 g/mol. The van der Waals surface area contributed by atoms with E-state index >= 15 is 0 Å². The smallest absolute Gasteiger partial charge is 0.256 e. The van der Waals surface area contributed by atoms with Crippen LogP contribution in [0.4, 0.5) is 5.69 Å². The summed E-state index contributed by atoms with van der Waals surface area (Å²) >= 11 is 6.05. The van der Waals surface area contributed by atoms with Gasteiger partial charge in [0.15, 0.2) is 0 Å². The van der Waals surface area contributed by atoms with Crippen molar-refractivity contribution >= 4 is 23.2 Å². The zero-order chi connectivity index (χ0) is 16.6. The Morgan fingerprint density at radius 2 is 2.13 bits per heavy atom. The summed E-state index contributed by atoms with van der Waals surface area (Å²) in [5.41, 5.74) is 1.43. The average Bonchev–Trinajstić information content (AvgIpc) is 2.78. The Bertz CT molecular complexity index is 736. The van der Waals surface area contributed by atoms with Gasteiger partial charge in [0.05, 0.1) is 11.6 Å². The predicted molar refractivity (Wildman–Crippen MR) is 90.1 cm³/mol. The summed E-state index contributed by atoms with van der Waals surface area (Å²) in [5.74, 6) is 1.64. The molecule has 7 heteroatoms. The standard InChI is InChI=1S/C16H20ClN5O/c1-4-18-15-6-5-12(17)7-14(15)16(23)21-8-13(9-21)22-11(3)19-10(2)20-22/h5-7,13,18H,4,8-9H2,1-3H3. The van der Waals surface area contributed by atoms with Gasteiger partial charge in [0.1, 0.15) is 11.6 Å². The summed E-state index contributed by atoms with van der Waals surface area (Å²) < 4.78 is 1.91. The molecule has 1 aliphatic rings. The number of carbonyl (C=O) groups is 1. The summed E-state index contributed by atoms with van der Waals surface area (Å²) in [6, 6.07) is 5.56. The first kappa shape index (κ1) is 15.8. The van der Waals surface area contributed by atoms with Gasteiger partial charge in [-0.3, -0.25) is 4.79 Å². The molecule has 6 nitrogen and oxygen atoms in total. The Morgan fingerprint density at radius 1 is 1.39 bits per heavy atom. The normalized spacial score (nSPS) is 14.7. The summed E-state index contributed by atoms with van der Waals surface area (Å²) in [7, 11) is 0. The van der Waals surface area contributed by atoms with E-state index in [4.69, 9.17) is 11.6 Å². The second-order valence-corrected chi connectivity index (χ2v) is 6.17. The van der Waals surface area contributed by atoms with Crippen LogP contribution in [0.2, 0.25) is 5.02 Å². The molecule has 0 saturated carbocycles. The molecular weight excluding hydrogens is 314 g/mol. The fourth-order valence-corrected chi connectivity index (χ4v) is 3.04. The Kier molecular flexibility index (Phi) is 4.26. The van der Waals surface area contributed by atoms with Crippen LogP contribution in [-0.4, -0.2) is 45.2 Å². The van der Waals surface area contributed by atoms with Crippen molar-refractivity contribution in [1.82, 2.24) is 19.7 Å². The zero-order valence-corrected chi connectivity index (χ0v) is 14.3. The minimum atomic E-state index is -0.00538. The van der Waals surface area contributed by atoms with Crippen molar-refractivity contribution in [3.63, 3.8) is 0 Å². The summed E-state index contributed by atoms with van der Waals surface area (Å²) in [4.78, 5) is 18.8. The molecule has 0 bridgehead atoms. The van der Waals surface area contributed by atoms with Crippen LogP contribution in [0.1, 0.15) is 35.0 Å². The number of halogens is 1. The number of rotatable bonds is 4. The van der Waals surface area contributed by atoms with E-state index in [0.717, 1.165) is 23.9 Å². The van der Waals surface area contributed by atoms with E-state index in [-0.39, 0.29) is 11.9 Å². The van der Waals surface area contributed by atoms with E-state index in [0.29, 0.717) is 23.7 Å². The third-order valence-electron chi connectivity index (χ3n) is 3.98. The molecule has 1 saturated heterocycles. The number of carbonyl (C=O) groups excluding carboxylic acids is 1. The predicted octanol–water partition coefficient (Wildman–Crippen LogP) is 2.68. The maximum atomic E-state index is 12.7. The van der Waals surface area contributed by atoms with Crippen molar-refractivity contribution in [3.05, 3.63) is 40.4 Å². The van der Waals surface area contributed by atoms with E-state index in [1.807, 2.05) is 36.4 Å². The second-order valence-electron chi connectivity index (χ2n) is 5.73. The van der Waals surface area contributed by atoms with Gasteiger partial charge in [0.2, 0.25) is 0 Å². The molecule has 0 atom stereocenters. The molecule has 23 heavy (non-hydrogen) atoms. The number of hydrogen-bond donors (Lipinski definition) is 1. The van der Waals surface area contributed by atoms with Crippen molar-refractivity contribution < 1.29 is 4.79 Å². The number of nitrogens with one attached hydrogen (secondary N) is 1. The highest BCUT2D eigenvalue weighted by Gasteiger charge is 2.34. The highest BCUT2D eigenvalue weighted by atomic mass is 35.5. The largest absolute Gasteiger partial charge is 0.385 e. The maximum Gasteiger partial charge on any atom is 0.256 e. The highest BCUT2D eigenvalue weighted by Crippen LogP contribution is 2.28. The molecule has 122 valence electrons. The lowest BCUT2D eigenvalue weighted by Gasteiger charge is -2.39. The van der Waals surface area contributed by atoms with Crippen LogP contribution in [0.5, 0.6) is 0 Å². The van der Waals surface area contributed by atoms with E-state index in [2.05, 4.69) is 15.4 Å². The van der Waals surface area contributed by atoms with Crippen molar-refractivity contribution in [2.24, 2.45) is 0 Å². The fraction of sp³-hybridized carbons (Fsp3) is 0.438. The van der Waals surface area contributed by atoms with Crippen LogP contribution in [0, 0.1) is 13.8 Å². The number of benzene rings is 1. The van der Waals surface area contributed by atoms with Gasteiger partial charge in [-0.25, -0.2) is 9.67 Å². The third kappa shape index (κ3) is 3.03. The molecule has 0 unspecified atom stereocenters. The molecule has 0 aliphatic carbocycles. The van der Waals surface area contributed by atoms with Crippen LogP contribution >= 0.6 is 11.6 Å². The molecule has 0 radical (unpaired) electrons. The van der Waals surface area contributed by atoms with E-state index in [1.54, 1.807) is 12.1 Å². The fourth-order valence-electron chi connectivity index (χ4n) is 2.87. The number of amides is 1. The summed E-state index contributed by atoms with van der Waals surface area (Å²) in [5, 5.41) is 8.17. The zero-order valence-electron chi connectivity index (χ0n) is 13.5. The van der Waals surface area contributed by atoms with Gasteiger partial charge in [-0.15, -0.1) is 0 Å². The topological polar surface area (TPSA) is 63.1 Å². The molecule has 0 spiro atoms. The van der Waals surface area contributed by atoms with E-state index in [9.17, 15) is 4.79 Å². The van der Waals surface area contributed by atoms with Crippen LogP contribution in [0.3, 0.4) is 0 Å². The van der Waals surface area contributed by atoms with Crippen molar-refractivity contribution in [1.29, 1.82) is 0 Å². The van der Waals surface area contributed by atoms with E-state index < -0.39 is 0 Å². The van der Waals surface area contributed by atoms with Gasteiger partial charge in [-0.05, 0) is 39.0 Å². The Morgan fingerprint density at radius 3 is 2.74 bits per heavy atom. The van der Waals surface area contributed by atoms with Gasteiger partial charge in [0, 0.05) is 30.3 Å². The molecule has 2 heterocycles. The Hall–Kier alpha value is -2.08. The number of hydrogen-bond acceptors (Lipinski definition) is 4. The Labute approximate surface area is 140 Å². The molecule has 1 aromatic carbocycles. The monoisotopic (exact) mass is 333 g/mol. The molecule has 2 aromatic rings. The van der Waals surface area contributed by atoms with Crippen molar-refractivity contribution in [2.75, 3.05) is 25.0 Å². The lowest BCUT2D eigenvalue weighted by atomic mass is 10.1. The lowest BCUT2D eigenvalue weighted by molar-refractivity contribution is 0.0498. The minimum absolute atomic E-state index is 0.00538. The van der Waals surface area contributed by atoms with Gasteiger partial charge in [0.25, 0.3) is 5.91 Å². The number of aromatic nitrogens is 3. The van der Waals surface area contributed by atoms with Gasteiger partial charge in [-0.2, -0.15) is 5.10 Å². The Balaban J connectivity index is 1.74. The molecule has 1 amide bonds. The van der Waals surface area contributed by atoms with Crippen LogP contribution in [0.25, 0.3) is 0 Å². The number of nitrogens with zero attached hydrogens (tertiary/aromatic N) is 4.